The van der Waals surface area contributed by atoms with Crippen molar-refractivity contribution in [1.82, 2.24) is 19.7 Å². The second kappa shape index (κ2) is 7.03. The molecule has 2 aromatic heterocycles. The summed E-state index contributed by atoms with van der Waals surface area (Å²) in [6.45, 7) is 4.14. The second-order valence-electron chi connectivity index (χ2n) is 9.34. The van der Waals surface area contributed by atoms with Gasteiger partial charge >= 0.3 is 0 Å². The third-order valence-corrected chi connectivity index (χ3v) is 7.17. The standard InChI is InChI=1S/C24H26N4O4/c1-15-6-7-18(32-15)12-27-22(30)21-8-17(29)11-28(21)24(23(27)31)13-26(14-24)10-16-9-25-20-5-3-2-4-19(16)20/h2-7,9,17,21,25,29H,8,10-14H2,1H3/t17-,21+/m1/s1. The minimum absolute atomic E-state index is 0.135. The number of fused-ring (bicyclic) bond motifs is 3. The van der Waals surface area contributed by atoms with Crippen LogP contribution < -0.4 is 0 Å². The summed E-state index contributed by atoms with van der Waals surface area (Å²) in [5.74, 6) is 0.929. The molecule has 2 amide bonds. The number of nitrogens with zero attached hydrogens (tertiary/aromatic N) is 3. The number of aliphatic hydroxyl groups is 1. The molecule has 0 aliphatic carbocycles. The van der Waals surface area contributed by atoms with Crippen molar-refractivity contribution >= 4 is 22.7 Å². The van der Waals surface area contributed by atoms with Gasteiger partial charge in [-0.1, -0.05) is 18.2 Å². The number of aromatic nitrogens is 1. The van der Waals surface area contributed by atoms with Gasteiger partial charge in [-0.05, 0) is 37.1 Å². The number of benzene rings is 1. The number of piperazine rings is 1. The zero-order chi connectivity index (χ0) is 22.0. The van der Waals surface area contributed by atoms with Gasteiger partial charge < -0.3 is 14.5 Å². The number of hydrogen-bond acceptors (Lipinski definition) is 6. The summed E-state index contributed by atoms with van der Waals surface area (Å²) in [6, 6.07) is 11.4. The summed E-state index contributed by atoms with van der Waals surface area (Å²) in [5, 5.41) is 11.5. The first-order valence-corrected chi connectivity index (χ1v) is 11.1. The first kappa shape index (κ1) is 19.7. The van der Waals surface area contributed by atoms with Crippen molar-refractivity contribution in [1.29, 1.82) is 0 Å². The molecule has 3 saturated heterocycles. The zero-order valence-corrected chi connectivity index (χ0v) is 18.0. The molecule has 3 aromatic rings. The van der Waals surface area contributed by atoms with Crippen LogP contribution in [0.4, 0.5) is 0 Å². The highest BCUT2D eigenvalue weighted by atomic mass is 16.3. The van der Waals surface area contributed by atoms with Crippen LogP contribution in [0.3, 0.4) is 0 Å². The van der Waals surface area contributed by atoms with Crippen LogP contribution in [-0.2, 0) is 22.7 Å². The average molecular weight is 434 g/mol. The van der Waals surface area contributed by atoms with E-state index in [0.717, 1.165) is 17.8 Å². The Bertz CT molecular complexity index is 1210. The number of H-pyrrole nitrogens is 1. The van der Waals surface area contributed by atoms with Crippen LogP contribution in [-0.4, -0.2) is 73.9 Å². The van der Waals surface area contributed by atoms with E-state index < -0.39 is 17.7 Å². The van der Waals surface area contributed by atoms with Gasteiger partial charge in [0, 0.05) is 43.3 Å². The summed E-state index contributed by atoms with van der Waals surface area (Å²) in [4.78, 5) is 35.7. The molecular formula is C24H26N4O4. The van der Waals surface area contributed by atoms with Gasteiger partial charge in [-0.3, -0.25) is 24.3 Å². The number of carbonyl (C=O) groups is 2. The topological polar surface area (TPSA) is 93.0 Å². The van der Waals surface area contributed by atoms with Crippen molar-refractivity contribution < 1.29 is 19.1 Å². The van der Waals surface area contributed by atoms with Gasteiger partial charge in [-0.2, -0.15) is 0 Å². The molecule has 6 rings (SSSR count). The van der Waals surface area contributed by atoms with Crippen LogP contribution in [0, 0.1) is 6.92 Å². The highest BCUT2D eigenvalue weighted by molar-refractivity contribution is 6.06. The lowest BCUT2D eigenvalue weighted by Gasteiger charge is -2.58. The fourth-order valence-corrected chi connectivity index (χ4v) is 5.68. The Hall–Kier alpha value is -2.94. The van der Waals surface area contributed by atoms with Gasteiger partial charge in [0.1, 0.15) is 17.1 Å². The Morgan fingerprint density at radius 3 is 2.75 bits per heavy atom. The van der Waals surface area contributed by atoms with E-state index in [2.05, 4.69) is 22.0 Å². The van der Waals surface area contributed by atoms with Crippen molar-refractivity contribution in [3.8, 4) is 0 Å². The molecule has 8 nitrogen and oxygen atoms in total. The van der Waals surface area contributed by atoms with E-state index in [9.17, 15) is 14.7 Å². The lowest BCUT2D eigenvalue weighted by molar-refractivity contribution is -0.181. The van der Waals surface area contributed by atoms with Crippen molar-refractivity contribution in [3.63, 3.8) is 0 Å². The maximum atomic E-state index is 13.7. The number of rotatable bonds is 4. The molecule has 3 aliphatic heterocycles. The van der Waals surface area contributed by atoms with Gasteiger partial charge in [0.2, 0.25) is 5.91 Å². The normalized spacial score (nSPS) is 25.6. The maximum absolute atomic E-state index is 13.7. The van der Waals surface area contributed by atoms with Crippen LogP contribution in [0.25, 0.3) is 10.9 Å². The number of furan rings is 1. The van der Waals surface area contributed by atoms with Gasteiger partial charge in [0.15, 0.2) is 0 Å². The molecule has 1 spiro atoms. The summed E-state index contributed by atoms with van der Waals surface area (Å²) in [5.41, 5.74) is 1.51. The Labute approximate surface area is 185 Å². The minimum Gasteiger partial charge on any atom is -0.464 e. The van der Waals surface area contributed by atoms with Gasteiger partial charge in [-0.25, -0.2) is 0 Å². The predicted molar refractivity (Wildman–Crippen MR) is 116 cm³/mol. The monoisotopic (exact) mass is 434 g/mol. The van der Waals surface area contributed by atoms with Gasteiger partial charge in [0.25, 0.3) is 5.91 Å². The fourth-order valence-electron chi connectivity index (χ4n) is 5.68. The Balaban J connectivity index is 1.26. The molecule has 2 N–H and O–H groups in total. The number of imide groups is 1. The fraction of sp³-hybridized carbons (Fsp3) is 0.417. The number of β-amino-alcohol motifs (C(OH)–C–C–N with tert-alkyl or cyclic N) is 1. The molecule has 0 bridgehead atoms. The quantitative estimate of drug-likeness (QED) is 0.607. The molecule has 166 valence electrons. The lowest BCUT2D eigenvalue weighted by Crippen LogP contribution is -2.81. The number of aliphatic hydroxyl groups excluding tert-OH is 1. The van der Waals surface area contributed by atoms with Crippen LogP contribution in [0.5, 0.6) is 0 Å². The molecule has 2 atom stereocenters. The van der Waals surface area contributed by atoms with Crippen LogP contribution >= 0.6 is 0 Å². The molecule has 3 aliphatic rings. The summed E-state index contributed by atoms with van der Waals surface area (Å²) in [6.07, 6.45) is 1.79. The van der Waals surface area contributed by atoms with E-state index in [1.807, 2.05) is 42.3 Å². The first-order chi connectivity index (χ1) is 15.4. The number of aryl methyl sites for hydroxylation is 1. The smallest absolute Gasteiger partial charge is 0.252 e. The highest BCUT2D eigenvalue weighted by Crippen LogP contribution is 2.41. The second-order valence-corrected chi connectivity index (χ2v) is 9.34. The van der Waals surface area contributed by atoms with Crippen molar-refractivity contribution in [2.24, 2.45) is 0 Å². The Morgan fingerprint density at radius 1 is 1.16 bits per heavy atom. The summed E-state index contributed by atoms with van der Waals surface area (Å²) >= 11 is 0. The molecule has 8 heteroatoms. The number of hydrogen-bond donors (Lipinski definition) is 2. The molecule has 5 heterocycles. The van der Waals surface area contributed by atoms with Crippen LogP contribution in [0.1, 0.15) is 23.5 Å². The van der Waals surface area contributed by atoms with Crippen molar-refractivity contribution in [3.05, 3.63) is 59.7 Å². The van der Waals surface area contributed by atoms with Crippen LogP contribution in [0.2, 0.25) is 0 Å². The first-order valence-electron chi connectivity index (χ1n) is 11.1. The zero-order valence-electron chi connectivity index (χ0n) is 18.0. The maximum Gasteiger partial charge on any atom is 0.252 e. The van der Waals surface area contributed by atoms with Gasteiger partial charge in [0.05, 0.1) is 18.7 Å². The molecule has 0 radical (unpaired) electrons. The van der Waals surface area contributed by atoms with Gasteiger partial charge in [-0.15, -0.1) is 0 Å². The predicted octanol–water partition coefficient (Wildman–Crippen LogP) is 1.63. The minimum atomic E-state index is -0.774. The molecule has 32 heavy (non-hydrogen) atoms. The Kier molecular flexibility index (Phi) is 4.33. The number of para-hydroxylation sites is 1. The van der Waals surface area contributed by atoms with E-state index in [1.165, 1.54) is 15.8 Å². The van der Waals surface area contributed by atoms with E-state index in [4.69, 9.17) is 4.42 Å². The lowest BCUT2D eigenvalue weighted by atomic mass is 9.82. The number of carbonyl (C=O) groups excluding carboxylic acids is 2. The summed E-state index contributed by atoms with van der Waals surface area (Å²) in [7, 11) is 0. The largest absolute Gasteiger partial charge is 0.464 e. The van der Waals surface area contributed by atoms with E-state index in [1.54, 1.807) is 0 Å². The van der Waals surface area contributed by atoms with Crippen molar-refractivity contribution in [2.45, 2.75) is 44.1 Å². The van der Waals surface area contributed by atoms with Crippen LogP contribution in [0.15, 0.2) is 47.0 Å². The van der Waals surface area contributed by atoms with E-state index in [-0.39, 0.29) is 18.4 Å². The SMILES string of the molecule is Cc1ccc(CN2C(=O)[C@@H]3C[C@@H](O)CN3C3(CN(Cc4c[nH]c5ccccc45)C3)C2=O)o1. The molecule has 1 aromatic carbocycles. The number of likely N-dealkylation sites (tertiary alicyclic amines) is 1. The molecule has 3 fully saturated rings. The number of amides is 2. The summed E-state index contributed by atoms with van der Waals surface area (Å²) < 4.78 is 5.64. The number of aromatic amines is 1. The van der Waals surface area contributed by atoms with E-state index in [0.29, 0.717) is 31.8 Å². The van der Waals surface area contributed by atoms with E-state index >= 15 is 0 Å². The Morgan fingerprint density at radius 2 is 1.97 bits per heavy atom. The molecule has 0 saturated carbocycles. The average Bonchev–Trinajstić information content (AvgIpc) is 3.46. The highest BCUT2D eigenvalue weighted by Gasteiger charge is 2.64. The third-order valence-electron chi connectivity index (χ3n) is 7.17. The third kappa shape index (κ3) is 2.87. The number of nitrogens with one attached hydrogen (secondary N) is 1. The molecular weight excluding hydrogens is 408 g/mol. The van der Waals surface area contributed by atoms with Crippen molar-refractivity contribution in [2.75, 3.05) is 19.6 Å². The molecule has 0 unspecified atom stereocenters.